The van der Waals surface area contributed by atoms with Crippen molar-refractivity contribution < 1.29 is 23.8 Å². The highest BCUT2D eigenvalue weighted by Crippen LogP contribution is 2.30. The highest BCUT2D eigenvalue weighted by atomic mass is 16.5. The number of hydrogen-bond donors (Lipinski definition) is 1. The van der Waals surface area contributed by atoms with Gasteiger partial charge in [-0.2, -0.15) is 0 Å². The maximum absolute atomic E-state index is 12.9. The van der Waals surface area contributed by atoms with E-state index in [2.05, 4.69) is 4.98 Å². The molecule has 6 heteroatoms. The molecule has 32 heavy (non-hydrogen) atoms. The van der Waals surface area contributed by atoms with Crippen molar-refractivity contribution >= 4 is 5.78 Å². The summed E-state index contributed by atoms with van der Waals surface area (Å²) in [5, 5.41) is 10.3. The number of methoxy groups -OCH3 is 1. The van der Waals surface area contributed by atoms with E-state index < -0.39 is 0 Å². The van der Waals surface area contributed by atoms with E-state index in [0.717, 1.165) is 5.56 Å². The Hall–Kier alpha value is -4.06. The maximum Gasteiger partial charge on any atom is 0.226 e. The van der Waals surface area contributed by atoms with Crippen molar-refractivity contribution in [2.75, 3.05) is 7.11 Å². The van der Waals surface area contributed by atoms with Crippen molar-refractivity contribution in [1.29, 1.82) is 0 Å². The van der Waals surface area contributed by atoms with E-state index in [0.29, 0.717) is 40.0 Å². The van der Waals surface area contributed by atoms with Crippen LogP contribution >= 0.6 is 0 Å². The number of phenols is 1. The molecule has 1 heterocycles. The van der Waals surface area contributed by atoms with Gasteiger partial charge in [0.05, 0.1) is 12.7 Å². The number of benzene rings is 3. The maximum atomic E-state index is 12.9. The highest BCUT2D eigenvalue weighted by molar-refractivity contribution is 6.11. The summed E-state index contributed by atoms with van der Waals surface area (Å²) in [7, 11) is 1.51. The van der Waals surface area contributed by atoms with Crippen LogP contribution in [0.15, 0.2) is 71.1 Å². The molecule has 0 aliphatic rings. The second-order valence-electron chi connectivity index (χ2n) is 7.37. The summed E-state index contributed by atoms with van der Waals surface area (Å²) in [6.45, 7) is 3.86. The first-order valence-electron chi connectivity index (χ1n) is 10.1. The normalized spacial score (nSPS) is 10.7. The van der Waals surface area contributed by atoms with Crippen molar-refractivity contribution in [3.63, 3.8) is 0 Å². The molecule has 0 bridgehead atoms. The number of aromatic hydroxyl groups is 1. The summed E-state index contributed by atoms with van der Waals surface area (Å²) in [4.78, 5) is 17.4. The fraction of sp³-hybridized carbons (Fsp3) is 0.154. The van der Waals surface area contributed by atoms with Crippen molar-refractivity contribution in [3.05, 3.63) is 94.9 Å². The number of carbonyl (C=O) groups excluding carboxylic acids is 1. The molecule has 0 unspecified atom stereocenters. The van der Waals surface area contributed by atoms with Crippen LogP contribution in [0.1, 0.15) is 32.9 Å². The van der Waals surface area contributed by atoms with Crippen LogP contribution in [0, 0.1) is 13.8 Å². The monoisotopic (exact) mass is 429 g/mol. The van der Waals surface area contributed by atoms with E-state index >= 15 is 0 Å². The SMILES string of the molecule is COc1cc(C)c(C(=O)c2ccc(OCc3nc(-c4ccccc4)oc3C)cc2)c(O)c1. The Morgan fingerprint density at radius 1 is 1.00 bits per heavy atom. The first kappa shape index (κ1) is 21.2. The van der Waals surface area contributed by atoms with E-state index in [-0.39, 0.29) is 23.7 Å². The van der Waals surface area contributed by atoms with E-state index in [4.69, 9.17) is 13.9 Å². The molecular weight excluding hydrogens is 406 g/mol. The molecule has 0 saturated carbocycles. The zero-order valence-electron chi connectivity index (χ0n) is 18.1. The topological polar surface area (TPSA) is 81.8 Å². The molecule has 0 fully saturated rings. The molecule has 0 radical (unpaired) electrons. The molecule has 0 aliphatic carbocycles. The number of aromatic nitrogens is 1. The van der Waals surface area contributed by atoms with Gasteiger partial charge in [0.1, 0.15) is 35.3 Å². The van der Waals surface area contributed by atoms with Crippen molar-refractivity contribution in [2.45, 2.75) is 20.5 Å². The first-order chi connectivity index (χ1) is 15.5. The fourth-order valence-electron chi connectivity index (χ4n) is 3.41. The van der Waals surface area contributed by atoms with E-state index in [9.17, 15) is 9.90 Å². The minimum Gasteiger partial charge on any atom is -0.507 e. The number of hydrogen-bond acceptors (Lipinski definition) is 6. The minimum atomic E-state index is -0.269. The van der Waals surface area contributed by atoms with Crippen LogP contribution in [0.4, 0.5) is 0 Å². The molecule has 3 aromatic carbocycles. The van der Waals surface area contributed by atoms with Crippen LogP contribution in [-0.4, -0.2) is 23.0 Å². The van der Waals surface area contributed by atoms with Gasteiger partial charge in [-0.15, -0.1) is 0 Å². The molecule has 0 saturated heterocycles. The summed E-state index contributed by atoms with van der Waals surface area (Å²) in [6, 6.07) is 19.6. The van der Waals surface area contributed by atoms with E-state index in [1.165, 1.54) is 13.2 Å². The Labute approximate surface area is 186 Å². The molecule has 4 rings (SSSR count). The molecule has 1 N–H and O–H groups in total. The lowest BCUT2D eigenvalue weighted by molar-refractivity contribution is 0.103. The van der Waals surface area contributed by atoms with E-state index in [1.54, 1.807) is 37.3 Å². The Morgan fingerprint density at radius 3 is 2.38 bits per heavy atom. The number of aryl methyl sites for hydroxylation is 2. The van der Waals surface area contributed by atoms with Crippen LogP contribution in [0.25, 0.3) is 11.5 Å². The number of ketones is 1. The number of oxazole rings is 1. The third-order valence-corrected chi connectivity index (χ3v) is 5.16. The largest absolute Gasteiger partial charge is 0.507 e. The van der Waals surface area contributed by atoms with Crippen LogP contribution < -0.4 is 9.47 Å². The lowest BCUT2D eigenvalue weighted by atomic mass is 9.97. The molecular formula is C26H23NO5. The molecule has 0 atom stereocenters. The van der Waals surface area contributed by atoms with Gasteiger partial charge in [-0.1, -0.05) is 18.2 Å². The van der Waals surface area contributed by atoms with Crippen LogP contribution in [0.3, 0.4) is 0 Å². The highest BCUT2D eigenvalue weighted by Gasteiger charge is 2.18. The zero-order valence-corrected chi connectivity index (χ0v) is 18.1. The van der Waals surface area contributed by atoms with Gasteiger partial charge in [0.25, 0.3) is 0 Å². The van der Waals surface area contributed by atoms with Gasteiger partial charge in [-0.3, -0.25) is 4.79 Å². The zero-order chi connectivity index (χ0) is 22.7. The summed E-state index contributed by atoms with van der Waals surface area (Å²) >= 11 is 0. The number of carbonyl (C=O) groups is 1. The standard InChI is InChI=1S/C26H23NO5/c1-16-13-21(30-3)14-23(28)24(16)25(29)18-9-11-20(12-10-18)31-15-22-17(2)32-26(27-22)19-7-5-4-6-8-19/h4-14,28H,15H2,1-3H3. The minimum absolute atomic E-state index is 0.108. The number of rotatable bonds is 7. The van der Waals surface area contributed by atoms with Gasteiger partial charge in [0.15, 0.2) is 5.78 Å². The number of phenolic OH excluding ortho intramolecular Hbond substituents is 1. The third kappa shape index (κ3) is 4.34. The quantitative estimate of drug-likeness (QED) is 0.392. The van der Waals surface area contributed by atoms with Crippen molar-refractivity contribution in [2.24, 2.45) is 0 Å². The van der Waals surface area contributed by atoms with Gasteiger partial charge in [0.2, 0.25) is 5.89 Å². The van der Waals surface area contributed by atoms with Gasteiger partial charge in [-0.25, -0.2) is 4.98 Å². The van der Waals surface area contributed by atoms with Gasteiger partial charge in [-0.05, 0) is 61.9 Å². The molecule has 162 valence electrons. The number of ether oxygens (including phenoxy) is 2. The predicted molar refractivity (Wildman–Crippen MR) is 120 cm³/mol. The molecule has 0 aliphatic heterocycles. The van der Waals surface area contributed by atoms with Crippen molar-refractivity contribution in [1.82, 2.24) is 4.98 Å². The Morgan fingerprint density at radius 2 is 1.72 bits per heavy atom. The summed E-state index contributed by atoms with van der Waals surface area (Å²) in [5.74, 6) is 1.97. The average Bonchev–Trinajstić information content (AvgIpc) is 3.18. The lowest BCUT2D eigenvalue weighted by Crippen LogP contribution is -2.05. The van der Waals surface area contributed by atoms with Gasteiger partial charge < -0.3 is 19.0 Å². The molecule has 0 spiro atoms. The van der Waals surface area contributed by atoms with Gasteiger partial charge in [0, 0.05) is 17.2 Å². The smallest absolute Gasteiger partial charge is 0.226 e. The Balaban J connectivity index is 1.46. The Kier molecular flexibility index (Phi) is 5.94. The summed E-state index contributed by atoms with van der Waals surface area (Å²) in [6.07, 6.45) is 0. The average molecular weight is 429 g/mol. The molecule has 0 amide bonds. The second kappa shape index (κ2) is 8.98. The number of nitrogens with zero attached hydrogens (tertiary/aromatic N) is 1. The fourth-order valence-corrected chi connectivity index (χ4v) is 3.41. The second-order valence-corrected chi connectivity index (χ2v) is 7.37. The van der Waals surface area contributed by atoms with Gasteiger partial charge >= 0.3 is 0 Å². The summed E-state index contributed by atoms with van der Waals surface area (Å²) in [5.41, 5.74) is 2.96. The van der Waals surface area contributed by atoms with Crippen molar-refractivity contribution in [3.8, 4) is 28.7 Å². The van der Waals surface area contributed by atoms with Crippen LogP contribution in [0.2, 0.25) is 0 Å². The third-order valence-electron chi connectivity index (χ3n) is 5.16. The van der Waals surface area contributed by atoms with E-state index in [1.807, 2.05) is 37.3 Å². The van der Waals surface area contributed by atoms with Crippen LogP contribution in [0.5, 0.6) is 17.2 Å². The molecule has 6 nitrogen and oxygen atoms in total. The molecule has 4 aromatic rings. The Bertz CT molecular complexity index is 1220. The first-order valence-corrected chi connectivity index (χ1v) is 10.1. The summed E-state index contributed by atoms with van der Waals surface area (Å²) < 4.78 is 16.7. The predicted octanol–water partition coefficient (Wildman–Crippen LogP) is 5.48. The molecule has 1 aromatic heterocycles. The lowest BCUT2D eigenvalue weighted by Gasteiger charge is -2.11. The van der Waals surface area contributed by atoms with Crippen LogP contribution in [-0.2, 0) is 6.61 Å².